The van der Waals surface area contributed by atoms with Crippen molar-refractivity contribution < 1.29 is 4.79 Å². The predicted octanol–water partition coefficient (Wildman–Crippen LogP) is 2.54. The summed E-state index contributed by atoms with van der Waals surface area (Å²) in [7, 11) is 1.76. The van der Waals surface area contributed by atoms with Gasteiger partial charge in [-0.3, -0.25) is 9.79 Å². The van der Waals surface area contributed by atoms with Gasteiger partial charge in [-0.15, -0.1) is 0 Å². The van der Waals surface area contributed by atoms with Gasteiger partial charge in [-0.2, -0.15) is 0 Å². The molecule has 0 radical (unpaired) electrons. The third kappa shape index (κ3) is 7.68. The summed E-state index contributed by atoms with van der Waals surface area (Å²) in [5, 5.41) is 9.47. The van der Waals surface area contributed by atoms with Crippen molar-refractivity contribution in [2.24, 2.45) is 10.9 Å². The molecule has 1 aromatic carbocycles. The van der Waals surface area contributed by atoms with Crippen molar-refractivity contribution in [2.75, 3.05) is 20.1 Å². The van der Waals surface area contributed by atoms with E-state index in [-0.39, 0.29) is 5.91 Å². The molecule has 3 N–H and O–H groups in total. The fourth-order valence-electron chi connectivity index (χ4n) is 2.05. The number of aliphatic imine (C=N–C) groups is 1. The van der Waals surface area contributed by atoms with Crippen molar-refractivity contribution >= 4 is 11.9 Å². The van der Waals surface area contributed by atoms with E-state index >= 15 is 0 Å². The lowest BCUT2D eigenvalue weighted by atomic mass is 10.1. The second-order valence-corrected chi connectivity index (χ2v) is 5.99. The van der Waals surface area contributed by atoms with Crippen LogP contribution in [-0.4, -0.2) is 32.0 Å². The minimum atomic E-state index is -0.0202. The molecule has 1 aromatic rings. The third-order valence-corrected chi connectivity index (χ3v) is 3.42. The van der Waals surface area contributed by atoms with Crippen LogP contribution in [-0.2, 0) is 6.54 Å². The van der Waals surface area contributed by atoms with Gasteiger partial charge in [0.25, 0.3) is 5.91 Å². The molecule has 0 aliphatic rings. The molecule has 0 aliphatic heterocycles. The normalized spacial score (nSPS) is 11.4. The quantitative estimate of drug-likeness (QED) is 0.510. The molecule has 0 saturated heterocycles. The van der Waals surface area contributed by atoms with Crippen LogP contribution < -0.4 is 16.0 Å². The van der Waals surface area contributed by atoms with Gasteiger partial charge in [0, 0.05) is 32.2 Å². The Morgan fingerprint density at radius 1 is 1.17 bits per heavy atom. The monoisotopic (exact) mass is 318 g/mol. The molecule has 0 bridgehead atoms. The second kappa shape index (κ2) is 10.6. The van der Waals surface area contributed by atoms with Crippen LogP contribution >= 0.6 is 0 Å². The average Bonchev–Trinajstić information content (AvgIpc) is 2.55. The first-order chi connectivity index (χ1) is 11.1. The zero-order chi connectivity index (χ0) is 17.1. The van der Waals surface area contributed by atoms with Crippen LogP contribution in [0.4, 0.5) is 0 Å². The van der Waals surface area contributed by atoms with Crippen molar-refractivity contribution in [2.45, 2.75) is 40.2 Å². The molecule has 0 aromatic heterocycles. The number of amides is 1. The molecule has 0 heterocycles. The maximum absolute atomic E-state index is 12.0. The van der Waals surface area contributed by atoms with Gasteiger partial charge in [0.15, 0.2) is 5.96 Å². The lowest BCUT2D eigenvalue weighted by Gasteiger charge is -2.13. The van der Waals surface area contributed by atoms with E-state index in [0.29, 0.717) is 24.6 Å². The van der Waals surface area contributed by atoms with Gasteiger partial charge >= 0.3 is 0 Å². The molecule has 1 rings (SSSR count). The molecular weight excluding hydrogens is 288 g/mol. The standard InChI is InChI=1S/C18H30N4O/c1-5-10-20-17(23)16-8-6-7-15(12-16)13-22-18(19-4)21-11-9-14(2)3/h6-8,12,14H,5,9-11,13H2,1-4H3,(H,20,23)(H2,19,21,22). The predicted molar refractivity (Wildman–Crippen MR) is 96.7 cm³/mol. The molecule has 23 heavy (non-hydrogen) atoms. The van der Waals surface area contributed by atoms with E-state index in [4.69, 9.17) is 0 Å². The number of hydrogen-bond acceptors (Lipinski definition) is 2. The first kappa shape index (κ1) is 19.0. The molecule has 0 atom stereocenters. The molecule has 1 amide bonds. The Balaban J connectivity index is 2.51. The molecule has 5 nitrogen and oxygen atoms in total. The first-order valence-corrected chi connectivity index (χ1v) is 8.38. The number of hydrogen-bond donors (Lipinski definition) is 3. The smallest absolute Gasteiger partial charge is 0.251 e. The zero-order valence-electron chi connectivity index (χ0n) is 14.8. The molecule has 0 spiro atoms. The van der Waals surface area contributed by atoms with E-state index in [1.165, 1.54) is 0 Å². The molecule has 0 saturated carbocycles. The molecule has 0 fully saturated rings. The molecular formula is C18H30N4O. The SMILES string of the molecule is CCCNC(=O)c1cccc(CNC(=NC)NCCC(C)C)c1. The van der Waals surface area contributed by atoms with E-state index in [1.807, 2.05) is 31.2 Å². The molecule has 128 valence electrons. The summed E-state index contributed by atoms with van der Waals surface area (Å²) in [6.07, 6.45) is 2.04. The Labute approximate surface area is 140 Å². The van der Waals surface area contributed by atoms with E-state index in [1.54, 1.807) is 7.05 Å². The summed E-state index contributed by atoms with van der Waals surface area (Å²) in [4.78, 5) is 16.2. The summed E-state index contributed by atoms with van der Waals surface area (Å²) in [6.45, 7) is 8.68. The van der Waals surface area contributed by atoms with E-state index in [9.17, 15) is 4.79 Å². The number of carbonyl (C=O) groups excluding carboxylic acids is 1. The van der Waals surface area contributed by atoms with Gasteiger partial charge < -0.3 is 16.0 Å². The summed E-state index contributed by atoms with van der Waals surface area (Å²) >= 11 is 0. The maximum atomic E-state index is 12.0. The lowest BCUT2D eigenvalue weighted by molar-refractivity contribution is 0.0953. The van der Waals surface area contributed by atoms with Crippen LogP contribution in [0.5, 0.6) is 0 Å². The van der Waals surface area contributed by atoms with Crippen molar-refractivity contribution in [1.29, 1.82) is 0 Å². The number of carbonyl (C=O) groups is 1. The highest BCUT2D eigenvalue weighted by Gasteiger charge is 2.05. The van der Waals surface area contributed by atoms with E-state index in [0.717, 1.165) is 30.9 Å². The number of guanidine groups is 1. The largest absolute Gasteiger partial charge is 0.356 e. The Bertz CT molecular complexity index is 511. The fraction of sp³-hybridized carbons (Fsp3) is 0.556. The minimum absolute atomic E-state index is 0.0202. The number of nitrogens with one attached hydrogen (secondary N) is 3. The molecule has 5 heteroatoms. The highest BCUT2D eigenvalue weighted by Crippen LogP contribution is 2.05. The summed E-state index contributed by atoms with van der Waals surface area (Å²) in [5.41, 5.74) is 1.75. The van der Waals surface area contributed by atoms with Crippen LogP contribution in [0.1, 0.15) is 49.5 Å². The van der Waals surface area contributed by atoms with Gasteiger partial charge in [0.05, 0.1) is 0 Å². The van der Waals surface area contributed by atoms with Gasteiger partial charge in [-0.25, -0.2) is 0 Å². The summed E-state index contributed by atoms with van der Waals surface area (Å²) < 4.78 is 0. The Kier molecular flexibility index (Phi) is 8.80. The maximum Gasteiger partial charge on any atom is 0.251 e. The number of nitrogens with zero attached hydrogens (tertiary/aromatic N) is 1. The van der Waals surface area contributed by atoms with Crippen LogP contribution in [0.3, 0.4) is 0 Å². The van der Waals surface area contributed by atoms with Crippen molar-refractivity contribution in [3.8, 4) is 0 Å². The van der Waals surface area contributed by atoms with Crippen molar-refractivity contribution in [3.63, 3.8) is 0 Å². The van der Waals surface area contributed by atoms with E-state index in [2.05, 4.69) is 34.8 Å². The van der Waals surface area contributed by atoms with Crippen molar-refractivity contribution in [1.82, 2.24) is 16.0 Å². The zero-order valence-corrected chi connectivity index (χ0v) is 14.8. The van der Waals surface area contributed by atoms with Crippen LogP contribution in [0, 0.1) is 5.92 Å². The Morgan fingerprint density at radius 3 is 2.61 bits per heavy atom. The van der Waals surface area contributed by atoms with E-state index < -0.39 is 0 Å². The summed E-state index contributed by atoms with van der Waals surface area (Å²) in [5.74, 6) is 1.43. The highest BCUT2D eigenvalue weighted by molar-refractivity contribution is 5.94. The highest BCUT2D eigenvalue weighted by atomic mass is 16.1. The third-order valence-electron chi connectivity index (χ3n) is 3.42. The van der Waals surface area contributed by atoms with Gasteiger partial charge in [-0.05, 0) is 36.5 Å². The molecule has 0 aliphatic carbocycles. The minimum Gasteiger partial charge on any atom is -0.356 e. The topological polar surface area (TPSA) is 65.5 Å². The van der Waals surface area contributed by atoms with Crippen LogP contribution in [0.2, 0.25) is 0 Å². The summed E-state index contributed by atoms with van der Waals surface area (Å²) in [6, 6.07) is 7.67. The Hall–Kier alpha value is -2.04. The molecule has 0 unspecified atom stereocenters. The Morgan fingerprint density at radius 2 is 1.96 bits per heavy atom. The van der Waals surface area contributed by atoms with Crippen LogP contribution in [0.25, 0.3) is 0 Å². The van der Waals surface area contributed by atoms with Gasteiger partial charge in [0.1, 0.15) is 0 Å². The van der Waals surface area contributed by atoms with Gasteiger partial charge in [0.2, 0.25) is 0 Å². The van der Waals surface area contributed by atoms with Crippen LogP contribution in [0.15, 0.2) is 29.3 Å². The fourth-order valence-corrected chi connectivity index (χ4v) is 2.05. The average molecular weight is 318 g/mol. The van der Waals surface area contributed by atoms with Crippen molar-refractivity contribution in [3.05, 3.63) is 35.4 Å². The number of benzene rings is 1. The number of rotatable bonds is 8. The second-order valence-electron chi connectivity index (χ2n) is 5.99. The van der Waals surface area contributed by atoms with Gasteiger partial charge in [-0.1, -0.05) is 32.9 Å². The lowest BCUT2D eigenvalue weighted by Crippen LogP contribution is -2.37. The first-order valence-electron chi connectivity index (χ1n) is 8.38.